The Kier molecular flexibility index (Phi) is 7.08. The molecule has 0 radical (unpaired) electrons. The zero-order chi connectivity index (χ0) is 22.8. The van der Waals surface area contributed by atoms with Gasteiger partial charge in [-0.1, -0.05) is 36.2 Å². The minimum absolute atomic E-state index is 0.210. The zero-order valence-electron chi connectivity index (χ0n) is 19.0. The molecule has 2 aromatic carbocycles. The number of carbonyl (C=O) groups is 1. The van der Waals surface area contributed by atoms with E-state index in [1.807, 2.05) is 17.0 Å². The number of imidazole rings is 1. The van der Waals surface area contributed by atoms with Gasteiger partial charge in [0, 0.05) is 55.6 Å². The van der Waals surface area contributed by atoms with Crippen LogP contribution >= 0.6 is 23.2 Å². The molecule has 7 heteroatoms. The van der Waals surface area contributed by atoms with E-state index in [-0.39, 0.29) is 5.91 Å². The molecule has 0 N–H and O–H groups in total. The van der Waals surface area contributed by atoms with Crippen molar-refractivity contribution >= 4 is 40.1 Å². The van der Waals surface area contributed by atoms with Gasteiger partial charge in [0.1, 0.15) is 5.82 Å². The molecule has 0 spiro atoms. The third-order valence-corrected chi connectivity index (χ3v) is 7.11. The first kappa shape index (κ1) is 23.1. The van der Waals surface area contributed by atoms with Crippen molar-refractivity contribution in [2.75, 3.05) is 32.7 Å². The predicted octanol–water partition coefficient (Wildman–Crippen LogP) is 5.10. The van der Waals surface area contributed by atoms with E-state index in [0.29, 0.717) is 29.4 Å². The molecule has 0 unspecified atom stereocenters. The molecule has 2 heterocycles. The van der Waals surface area contributed by atoms with Gasteiger partial charge >= 0.3 is 0 Å². The van der Waals surface area contributed by atoms with Crippen LogP contribution in [0.2, 0.25) is 10.0 Å². The van der Waals surface area contributed by atoms with Crippen LogP contribution in [-0.4, -0.2) is 58.0 Å². The van der Waals surface area contributed by atoms with Crippen LogP contribution in [0.1, 0.15) is 35.9 Å². The second-order valence-electron chi connectivity index (χ2n) is 8.58. The lowest BCUT2D eigenvalue weighted by atomic mass is 10.1. The van der Waals surface area contributed by atoms with E-state index in [1.54, 1.807) is 6.07 Å². The number of rotatable bonds is 6. The summed E-state index contributed by atoms with van der Waals surface area (Å²) in [6.45, 7) is 11.5. The van der Waals surface area contributed by atoms with E-state index in [4.69, 9.17) is 28.2 Å². The number of halogens is 2. The van der Waals surface area contributed by atoms with Crippen LogP contribution in [-0.2, 0) is 17.8 Å². The van der Waals surface area contributed by atoms with Crippen LogP contribution in [0.25, 0.3) is 11.0 Å². The first-order valence-electron chi connectivity index (χ1n) is 11.3. The highest BCUT2D eigenvalue weighted by molar-refractivity contribution is 6.35. The largest absolute Gasteiger partial charge is 0.340 e. The summed E-state index contributed by atoms with van der Waals surface area (Å²) in [5.74, 6) is 1.12. The fraction of sp³-hybridized carbons (Fsp3) is 0.440. The summed E-state index contributed by atoms with van der Waals surface area (Å²) in [5.41, 5.74) is 5.43. The maximum atomic E-state index is 12.9. The van der Waals surface area contributed by atoms with E-state index >= 15 is 0 Å². The highest BCUT2D eigenvalue weighted by Gasteiger charge is 2.21. The summed E-state index contributed by atoms with van der Waals surface area (Å²) in [6, 6.07) is 9.86. The third kappa shape index (κ3) is 4.95. The number of benzene rings is 2. The number of fused-ring (bicyclic) bond motifs is 1. The van der Waals surface area contributed by atoms with Crippen molar-refractivity contribution in [3.8, 4) is 0 Å². The summed E-state index contributed by atoms with van der Waals surface area (Å²) in [5, 5.41) is 1.25. The van der Waals surface area contributed by atoms with Crippen LogP contribution < -0.4 is 0 Å². The quantitative estimate of drug-likeness (QED) is 0.500. The molecule has 0 aliphatic carbocycles. The van der Waals surface area contributed by atoms with E-state index in [2.05, 4.69) is 42.4 Å². The van der Waals surface area contributed by atoms with Crippen molar-refractivity contribution in [2.45, 2.75) is 40.2 Å². The minimum Gasteiger partial charge on any atom is -0.340 e. The second kappa shape index (κ2) is 9.82. The topological polar surface area (TPSA) is 41.4 Å². The molecule has 3 aromatic rings. The van der Waals surface area contributed by atoms with Gasteiger partial charge < -0.3 is 14.4 Å². The molecule has 0 saturated carbocycles. The fourth-order valence-electron chi connectivity index (χ4n) is 4.33. The normalized spacial score (nSPS) is 15.0. The monoisotopic (exact) mass is 472 g/mol. The molecule has 1 aliphatic rings. The summed E-state index contributed by atoms with van der Waals surface area (Å²) in [7, 11) is 0. The second-order valence-corrected chi connectivity index (χ2v) is 9.43. The van der Waals surface area contributed by atoms with Crippen molar-refractivity contribution in [1.82, 2.24) is 19.4 Å². The van der Waals surface area contributed by atoms with E-state index in [1.165, 1.54) is 11.1 Å². The lowest BCUT2D eigenvalue weighted by molar-refractivity contribution is -0.133. The smallest absolute Gasteiger partial charge is 0.224 e. The van der Waals surface area contributed by atoms with Crippen LogP contribution in [0.15, 0.2) is 30.3 Å². The number of hydrogen-bond donors (Lipinski definition) is 0. The van der Waals surface area contributed by atoms with Crippen molar-refractivity contribution in [3.05, 3.63) is 62.9 Å². The van der Waals surface area contributed by atoms with Crippen LogP contribution in [0.3, 0.4) is 0 Å². The Morgan fingerprint density at radius 2 is 1.75 bits per heavy atom. The Balaban J connectivity index is 1.59. The van der Waals surface area contributed by atoms with Crippen LogP contribution in [0.5, 0.6) is 0 Å². The minimum atomic E-state index is 0.210. The average Bonchev–Trinajstić information content (AvgIpc) is 3.10. The number of piperazine rings is 1. The van der Waals surface area contributed by atoms with Crippen molar-refractivity contribution in [2.24, 2.45) is 0 Å². The lowest BCUT2D eigenvalue weighted by Crippen LogP contribution is -2.48. The van der Waals surface area contributed by atoms with Gasteiger partial charge in [0.2, 0.25) is 5.91 Å². The number of hydrogen-bond acceptors (Lipinski definition) is 3. The summed E-state index contributed by atoms with van der Waals surface area (Å²) < 4.78 is 2.19. The molecule has 0 bridgehead atoms. The Labute approximate surface area is 199 Å². The molecule has 170 valence electrons. The van der Waals surface area contributed by atoms with Crippen molar-refractivity contribution < 1.29 is 4.79 Å². The Bertz CT molecular complexity index is 1130. The Hall–Kier alpha value is -2.08. The maximum absolute atomic E-state index is 12.9. The van der Waals surface area contributed by atoms with Crippen LogP contribution in [0.4, 0.5) is 0 Å². The molecule has 1 aromatic heterocycles. The maximum Gasteiger partial charge on any atom is 0.224 e. The zero-order valence-corrected chi connectivity index (χ0v) is 20.5. The summed E-state index contributed by atoms with van der Waals surface area (Å²) in [6.07, 6.45) is 1.05. The number of aromatic nitrogens is 2. The highest BCUT2D eigenvalue weighted by atomic mass is 35.5. The SMILES string of the molecule is CCN1CCN(C(=O)CCn2c(Cc3ccc(Cl)cc3Cl)nc3cc(C)c(C)cc32)CC1. The molecule has 5 nitrogen and oxygen atoms in total. The number of carbonyl (C=O) groups excluding carboxylic acids is 1. The molecule has 1 saturated heterocycles. The van der Waals surface area contributed by atoms with Gasteiger partial charge in [-0.3, -0.25) is 4.79 Å². The average molecular weight is 473 g/mol. The van der Waals surface area contributed by atoms with Gasteiger partial charge in [-0.15, -0.1) is 0 Å². The van der Waals surface area contributed by atoms with Gasteiger partial charge in [0.15, 0.2) is 0 Å². The van der Waals surface area contributed by atoms with Gasteiger partial charge in [-0.2, -0.15) is 0 Å². The number of likely N-dealkylation sites (N-methyl/N-ethyl adjacent to an activating group) is 1. The molecule has 4 rings (SSSR count). The van der Waals surface area contributed by atoms with E-state index < -0.39 is 0 Å². The number of nitrogens with zero attached hydrogens (tertiary/aromatic N) is 4. The first-order chi connectivity index (χ1) is 15.4. The Morgan fingerprint density at radius 1 is 1.03 bits per heavy atom. The Morgan fingerprint density at radius 3 is 2.44 bits per heavy atom. The summed E-state index contributed by atoms with van der Waals surface area (Å²) >= 11 is 12.5. The van der Waals surface area contributed by atoms with Gasteiger partial charge in [0.25, 0.3) is 0 Å². The molecule has 32 heavy (non-hydrogen) atoms. The number of amides is 1. The summed E-state index contributed by atoms with van der Waals surface area (Å²) in [4.78, 5) is 22.2. The molecular weight excluding hydrogens is 443 g/mol. The lowest BCUT2D eigenvalue weighted by Gasteiger charge is -2.34. The van der Waals surface area contributed by atoms with E-state index in [9.17, 15) is 4.79 Å². The third-order valence-electron chi connectivity index (χ3n) is 6.53. The molecule has 0 atom stereocenters. The van der Waals surface area contributed by atoms with Crippen molar-refractivity contribution in [3.63, 3.8) is 0 Å². The van der Waals surface area contributed by atoms with Gasteiger partial charge in [-0.25, -0.2) is 4.98 Å². The first-order valence-corrected chi connectivity index (χ1v) is 12.0. The van der Waals surface area contributed by atoms with Crippen molar-refractivity contribution in [1.29, 1.82) is 0 Å². The molecular formula is C25H30Cl2N4O. The van der Waals surface area contributed by atoms with Gasteiger partial charge in [-0.05, 0) is 61.3 Å². The molecule has 1 aliphatic heterocycles. The predicted molar refractivity (Wildman–Crippen MR) is 132 cm³/mol. The standard InChI is InChI=1S/C25H30Cl2N4O/c1-4-29-9-11-30(12-10-29)25(32)7-8-31-23-14-18(3)17(2)13-22(23)28-24(31)15-19-5-6-20(26)16-21(19)27/h5-6,13-14,16H,4,7-12,15H2,1-3H3. The highest BCUT2D eigenvalue weighted by Crippen LogP contribution is 2.27. The fourth-order valence-corrected chi connectivity index (χ4v) is 4.80. The molecule has 1 fully saturated rings. The van der Waals surface area contributed by atoms with Crippen LogP contribution in [0, 0.1) is 13.8 Å². The van der Waals surface area contributed by atoms with Gasteiger partial charge in [0.05, 0.1) is 11.0 Å². The molecule has 1 amide bonds. The number of aryl methyl sites for hydroxylation is 3. The van der Waals surface area contributed by atoms with E-state index in [0.717, 1.165) is 55.1 Å².